The van der Waals surface area contributed by atoms with Gasteiger partial charge >= 0.3 is 0 Å². The zero-order valence-electron chi connectivity index (χ0n) is 6.33. The van der Waals surface area contributed by atoms with E-state index in [0.29, 0.717) is 0 Å². The predicted octanol–water partition coefficient (Wildman–Crippen LogP) is 3.17. The summed E-state index contributed by atoms with van der Waals surface area (Å²) in [6, 6.07) is 0. The molecule has 0 aromatic rings. The maximum absolute atomic E-state index is 12.3. The van der Waals surface area contributed by atoms with Crippen LogP contribution >= 0.6 is 0 Å². The van der Waals surface area contributed by atoms with Crippen LogP contribution in [-0.2, 0) is 0 Å². The molecule has 10 heavy (non-hydrogen) atoms. The minimum Gasteiger partial charge on any atom is -0.248 e. The molecule has 1 atom stereocenters. The zero-order valence-corrected chi connectivity index (χ0v) is 6.33. The Morgan fingerprint density at radius 2 is 1.90 bits per heavy atom. The summed E-state index contributed by atoms with van der Waals surface area (Å²) in [5.74, 6) is -2.67. The van der Waals surface area contributed by atoms with Gasteiger partial charge in [-0.2, -0.15) is 0 Å². The molecule has 0 aliphatic carbocycles. The molecule has 0 radical (unpaired) electrons. The molecule has 0 amide bonds. The summed E-state index contributed by atoms with van der Waals surface area (Å²) in [7, 11) is 0. The minimum atomic E-state index is -2.67. The van der Waals surface area contributed by atoms with Gasteiger partial charge in [-0.15, -0.1) is 0 Å². The second kappa shape index (κ2) is 3.84. The molecule has 0 N–H and O–H groups in total. The van der Waals surface area contributed by atoms with E-state index in [0.717, 1.165) is 0 Å². The van der Waals surface area contributed by atoms with Crippen molar-refractivity contribution in [1.29, 1.82) is 0 Å². The quantitative estimate of drug-likeness (QED) is 0.583. The zero-order chi connectivity index (χ0) is 8.20. The van der Waals surface area contributed by atoms with Gasteiger partial charge in [-0.05, 0) is 13.3 Å². The maximum Gasteiger partial charge on any atom is 0.248 e. The van der Waals surface area contributed by atoms with Gasteiger partial charge in [-0.3, -0.25) is 0 Å². The second-order valence-electron chi connectivity index (χ2n) is 2.53. The molecule has 0 aromatic carbocycles. The van der Waals surface area contributed by atoms with Crippen molar-refractivity contribution in [3.05, 3.63) is 0 Å². The van der Waals surface area contributed by atoms with Crippen molar-refractivity contribution in [2.45, 2.75) is 45.2 Å². The van der Waals surface area contributed by atoms with Gasteiger partial charge in [0.2, 0.25) is 5.92 Å². The SMILES string of the molecule is CCC(F)(F)CC[C@H](C)F. The molecule has 0 aliphatic rings. The molecule has 0 saturated carbocycles. The Hall–Kier alpha value is -0.210. The smallest absolute Gasteiger partial charge is 0.248 e. The van der Waals surface area contributed by atoms with Crippen LogP contribution in [0.25, 0.3) is 0 Å². The van der Waals surface area contributed by atoms with Crippen molar-refractivity contribution in [2.75, 3.05) is 0 Å². The van der Waals surface area contributed by atoms with E-state index in [-0.39, 0.29) is 19.3 Å². The first-order valence-corrected chi connectivity index (χ1v) is 3.50. The monoisotopic (exact) mass is 154 g/mol. The molecule has 0 rings (SSSR count). The Kier molecular flexibility index (Phi) is 3.76. The lowest BCUT2D eigenvalue weighted by atomic mass is 10.1. The molecule has 0 fully saturated rings. The van der Waals surface area contributed by atoms with Gasteiger partial charge in [0.05, 0.1) is 6.17 Å². The summed E-state index contributed by atoms with van der Waals surface area (Å²) < 4.78 is 36.7. The fourth-order valence-corrected chi connectivity index (χ4v) is 0.587. The third-order valence-electron chi connectivity index (χ3n) is 1.43. The Morgan fingerprint density at radius 3 is 2.20 bits per heavy atom. The van der Waals surface area contributed by atoms with E-state index in [2.05, 4.69) is 0 Å². The standard InChI is InChI=1S/C7H13F3/c1-3-7(9,10)5-4-6(2)8/h6H,3-5H2,1-2H3/t6-/m0/s1. The van der Waals surface area contributed by atoms with Crippen LogP contribution in [-0.4, -0.2) is 12.1 Å². The van der Waals surface area contributed by atoms with Gasteiger partial charge in [-0.25, -0.2) is 13.2 Å². The molecule has 0 nitrogen and oxygen atoms in total. The first-order valence-electron chi connectivity index (χ1n) is 3.50. The summed E-state index contributed by atoms with van der Waals surface area (Å²) in [6.45, 7) is 2.70. The lowest BCUT2D eigenvalue weighted by Gasteiger charge is -2.13. The van der Waals surface area contributed by atoms with E-state index in [4.69, 9.17) is 0 Å². The van der Waals surface area contributed by atoms with E-state index < -0.39 is 12.1 Å². The molecule has 0 unspecified atom stereocenters. The second-order valence-corrected chi connectivity index (χ2v) is 2.53. The lowest BCUT2D eigenvalue weighted by molar-refractivity contribution is -0.0178. The van der Waals surface area contributed by atoms with Crippen molar-refractivity contribution in [3.8, 4) is 0 Å². The first kappa shape index (κ1) is 9.79. The molecular weight excluding hydrogens is 141 g/mol. The third-order valence-corrected chi connectivity index (χ3v) is 1.43. The number of hydrogen-bond acceptors (Lipinski definition) is 0. The van der Waals surface area contributed by atoms with Gasteiger partial charge in [-0.1, -0.05) is 6.92 Å². The Morgan fingerprint density at radius 1 is 1.40 bits per heavy atom. The molecule has 62 valence electrons. The van der Waals surface area contributed by atoms with Crippen molar-refractivity contribution in [1.82, 2.24) is 0 Å². The topological polar surface area (TPSA) is 0 Å². The molecule has 0 spiro atoms. The highest BCUT2D eigenvalue weighted by atomic mass is 19.3. The van der Waals surface area contributed by atoms with Crippen molar-refractivity contribution in [2.24, 2.45) is 0 Å². The van der Waals surface area contributed by atoms with E-state index in [9.17, 15) is 13.2 Å². The summed E-state index contributed by atoms with van der Waals surface area (Å²) in [6.07, 6.45) is -1.68. The average molecular weight is 154 g/mol. The highest BCUT2D eigenvalue weighted by Gasteiger charge is 2.25. The normalized spacial score (nSPS) is 15.3. The van der Waals surface area contributed by atoms with E-state index in [1.165, 1.54) is 13.8 Å². The van der Waals surface area contributed by atoms with Crippen LogP contribution < -0.4 is 0 Å². The Balaban J connectivity index is 3.46. The van der Waals surface area contributed by atoms with E-state index >= 15 is 0 Å². The number of halogens is 3. The van der Waals surface area contributed by atoms with E-state index in [1.54, 1.807) is 0 Å². The van der Waals surface area contributed by atoms with Crippen LogP contribution in [0.5, 0.6) is 0 Å². The largest absolute Gasteiger partial charge is 0.248 e. The number of alkyl halides is 3. The third kappa shape index (κ3) is 4.65. The molecule has 0 aromatic heterocycles. The molecular formula is C7H13F3. The van der Waals surface area contributed by atoms with Crippen molar-refractivity contribution in [3.63, 3.8) is 0 Å². The van der Waals surface area contributed by atoms with Crippen LogP contribution in [0.2, 0.25) is 0 Å². The lowest BCUT2D eigenvalue weighted by Crippen LogP contribution is -2.15. The minimum absolute atomic E-state index is 0.0408. The molecule has 3 heteroatoms. The van der Waals surface area contributed by atoms with Gasteiger partial charge in [0.25, 0.3) is 0 Å². The fourth-order valence-electron chi connectivity index (χ4n) is 0.587. The van der Waals surface area contributed by atoms with E-state index in [1.807, 2.05) is 0 Å². The van der Waals surface area contributed by atoms with Crippen LogP contribution in [0.1, 0.15) is 33.1 Å². The van der Waals surface area contributed by atoms with Crippen molar-refractivity contribution >= 4 is 0 Å². The van der Waals surface area contributed by atoms with Gasteiger partial charge in [0, 0.05) is 12.8 Å². The summed E-state index contributed by atoms with van der Waals surface area (Å²) in [5, 5.41) is 0. The molecule has 0 heterocycles. The molecule has 0 bridgehead atoms. The summed E-state index contributed by atoms with van der Waals surface area (Å²) in [4.78, 5) is 0. The van der Waals surface area contributed by atoms with Crippen LogP contribution in [0.15, 0.2) is 0 Å². The molecule has 0 saturated heterocycles. The van der Waals surface area contributed by atoms with Crippen LogP contribution in [0.4, 0.5) is 13.2 Å². The van der Waals surface area contributed by atoms with Crippen molar-refractivity contribution < 1.29 is 13.2 Å². The van der Waals surface area contributed by atoms with Crippen LogP contribution in [0.3, 0.4) is 0 Å². The maximum atomic E-state index is 12.3. The van der Waals surface area contributed by atoms with Gasteiger partial charge < -0.3 is 0 Å². The van der Waals surface area contributed by atoms with Gasteiger partial charge in [0.15, 0.2) is 0 Å². The Labute approximate surface area is 59.4 Å². The van der Waals surface area contributed by atoms with Crippen LogP contribution in [0, 0.1) is 0 Å². The number of rotatable bonds is 4. The predicted molar refractivity (Wildman–Crippen MR) is 35.0 cm³/mol. The number of hydrogen-bond donors (Lipinski definition) is 0. The highest BCUT2D eigenvalue weighted by molar-refractivity contribution is 4.64. The fraction of sp³-hybridized carbons (Fsp3) is 1.00. The highest BCUT2D eigenvalue weighted by Crippen LogP contribution is 2.24. The first-order chi connectivity index (χ1) is 4.48. The molecule has 0 aliphatic heterocycles. The summed E-state index contributed by atoms with van der Waals surface area (Å²) >= 11 is 0. The van der Waals surface area contributed by atoms with Gasteiger partial charge in [0.1, 0.15) is 0 Å². The summed E-state index contributed by atoms with van der Waals surface area (Å²) in [5.41, 5.74) is 0. The average Bonchev–Trinajstić information content (AvgIpc) is 1.85. The Bertz CT molecular complexity index is 88.9.